The van der Waals surface area contributed by atoms with E-state index >= 15 is 0 Å². The lowest BCUT2D eigenvalue weighted by Gasteiger charge is -2.31. The molecule has 1 fully saturated rings. The summed E-state index contributed by atoms with van der Waals surface area (Å²) < 4.78 is 32.8. The van der Waals surface area contributed by atoms with Crippen LogP contribution in [0.2, 0.25) is 0 Å². The standard InChI is InChI=1S/C25H34N2O4S/c1-20-12-13-24(18-21(20)2)31-16-14-26-25(28)23-11-6-15-27(19-23)32(29,30)17-7-10-22-8-4-3-5-9-22/h3-5,8-9,12-13,18,23H,6-7,10-11,14-17,19H2,1-2H3,(H,26,28)/t23-/m0/s1. The molecule has 32 heavy (non-hydrogen) atoms. The smallest absolute Gasteiger partial charge is 0.224 e. The topological polar surface area (TPSA) is 75.7 Å². The fourth-order valence-electron chi connectivity index (χ4n) is 3.93. The van der Waals surface area contributed by atoms with Gasteiger partial charge in [0.1, 0.15) is 12.4 Å². The Labute approximate surface area is 192 Å². The Hall–Kier alpha value is -2.38. The second kappa shape index (κ2) is 11.5. The molecule has 0 saturated carbocycles. The van der Waals surface area contributed by atoms with Gasteiger partial charge < -0.3 is 10.1 Å². The third-order valence-corrected chi connectivity index (χ3v) is 7.93. The van der Waals surface area contributed by atoms with Crippen molar-refractivity contribution in [2.75, 3.05) is 32.0 Å². The molecular weight excluding hydrogens is 424 g/mol. The second-order valence-electron chi connectivity index (χ2n) is 8.49. The number of nitrogens with zero attached hydrogens (tertiary/aromatic N) is 1. The van der Waals surface area contributed by atoms with Gasteiger partial charge in [0.05, 0.1) is 18.2 Å². The zero-order valence-electron chi connectivity index (χ0n) is 19.0. The van der Waals surface area contributed by atoms with E-state index in [2.05, 4.69) is 12.2 Å². The molecule has 1 heterocycles. The van der Waals surface area contributed by atoms with Gasteiger partial charge in [0.25, 0.3) is 0 Å². The van der Waals surface area contributed by atoms with E-state index in [9.17, 15) is 13.2 Å². The van der Waals surface area contributed by atoms with E-state index in [1.54, 1.807) is 0 Å². The molecule has 1 N–H and O–H groups in total. The van der Waals surface area contributed by atoms with Crippen molar-refractivity contribution in [3.05, 3.63) is 65.2 Å². The predicted octanol–water partition coefficient (Wildman–Crippen LogP) is 3.47. The van der Waals surface area contributed by atoms with Crippen LogP contribution in [0.3, 0.4) is 0 Å². The quantitative estimate of drug-likeness (QED) is 0.553. The summed E-state index contributed by atoms with van der Waals surface area (Å²) in [4.78, 5) is 12.6. The number of hydrogen-bond donors (Lipinski definition) is 1. The lowest BCUT2D eigenvalue weighted by molar-refractivity contribution is -0.126. The van der Waals surface area contributed by atoms with E-state index in [-0.39, 0.29) is 24.1 Å². The van der Waals surface area contributed by atoms with Crippen LogP contribution in [0.25, 0.3) is 0 Å². The van der Waals surface area contributed by atoms with Crippen molar-refractivity contribution >= 4 is 15.9 Å². The van der Waals surface area contributed by atoms with Gasteiger partial charge in [-0.2, -0.15) is 0 Å². The fourth-order valence-corrected chi connectivity index (χ4v) is 5.51. The Morgan fingerprint density at radius 1 is 1.12 bits per heavy atom. The normalized spacial score (nSPS) is 17.1. The highest BCUT2D eigenvalue weighted by Gasteiger charge is 2.31. The zero-order valence-corrected chi connectivity index (χ0v) is 19.9. The molecule has 1 atom stereocenters. The lowest BCUT2D eigenvalue weighted by Crippen LogP contribution is -2.46. The van der Waals surface area contributed by atoms with Crippen molar-refractivity contribution in [3.63, 3.8) is 0 Å². The van der Waals surface area contributed by atoms with Crippen LogP contribution in [0.4, 0.5) is 0 Å². The van der Waals surface area contributed by atoms with Crippen LogP contribution in [0, 0.1) is 19.8 Å². The van der Waals surface area contributed by atoms with Crippen LogP contribution in [0.15, 0.2) is 48.5 Å². The number of nitrogens with one attached hydrogen (secondary N) is 1. The number of carbonyl (C=O) groups is 1. The minimum atomic E-state index is -3.36. The van der Waals surface area contributed by atoms with Gasteiger partial charge in [-0.1, -0.05) is 36.4 Å². The first kappa shape index (κ1) is 24.3. The molecule has 174 valence electrons. The number of aryl methyl sites for hydroxylation is 3. The zero-order chi connectivity index (χ0) is 23.0. The predicted molar refractivity (Wildman–Crippen MR) is 127 cm³/mol. The van der Waals surface area contributed by atoms with Crippen LogP contribution in [0.1, 0.15) is 36.0 Å². The van der Waals surface area contributed by atoms with Crippen LogP contribution >= 0.6 is 0 Å². The Balaban J connectivity index is 1.41. The number of ether oxygens (including phenoxy) is 1. The number of hydrogen-bond acceptors (Lipinski definition) is 4. The largest absolute Gasteiger partial charge is 0.492 e. The summed E-state index contributed by atoms with van der Waals surface area (Å²) in [5.74, 6) is 0.486. The number of sulfonamides is 1. The van der Waals surface area contributed by atoms with Gasteiger partial charge in [0.2, 0.25) is 15.9 Å². The fraction of sp³-hybridized carbons (Fsp3) is 0.480. The van der Waals surface area contributed by atoms with E-state index in [1.165, 1.54) is 15.4 Å². The average molecular weight is 459 g/mol. The van der Waals surface area contributed by atoms with Crippen molar-refractivity contribution in [2.45, 2.75) is 39.5 Å². The number of rotatable bonds is 10. The summed E-state index contributed by atoms with van der Waals surface area (Å²) in [6.45, 7) is 5.62. The SMILES string of the molecule is Cc1ccc(OCCNC(=O)[C@H]2CCCN(S(=O)(=O)CCCc3ccccc3)C2)cc1C. The molecule has 3 rings (SSSR count). The van der Waals surface area contributed by atoms with E-state index in [4.69, 9.17) is 4.74 Å². The summed E-state index contributed by atoms with van der Waals surface area (Å²) in [6.07, 6.45) is 2.73. The first-order chi connectivity index (χ1) is 15.3. The highest BCUT2D eigenvalue weighted by atomic mass is 32.2. The van der Waals surface area contributed by atoms with Crippen LogP contribution in [0.5, 0.6) is 5.75 Å². The Morgan fingerprint density at radius 2 is 1.91 bits per heavy atom. The van der Waals surface area contributed by atoms with Gasteiger partial charge >= 0.3 is 0 Å². The van der Waals surface area contributed by atoms with Gasteiger partial charge in [-0.25, -0.2) is 12.7 Å². The van der Waals surface area contributed by atoms with Gasteiger partial charge in [-0.15, -0.1) is 0 Å². The third kappa shape index (κ3) is 7.07. The molecule has 1 saturated heterocycles. The van der Waals surface area contributed by atoms with Gasteiger partial charge in [0, 0.05) is 13.1 Å². The molecule has 7 heteroatoms. The van der Waals surface area contributed by atoms with E-state index in [0.717, 1.165) is 17.7 Å². The summed E-state index contributed by atoms with van der Waals surface area (Å²) in [5.41, 5.74) is 3.52. The Kier molecular flexibility index (Phi) is 8.70. The third-order valence-electron chi connectivity index (χ3n) is 6.01. The lowest BCUT2D eigenvalue weighted by atomic mass is 9.99. The first-order valence-electron chi connectivity index (χ1n) is 11.3. The maximum Gasteiger partial charge on any atom is 0.224 e. The van der Waals surface area contributed by atoms with Crippen molar-refractivity contribution in [2.24, 2.45) is 5.92 Å². The first-order valence-corrected chi connectivity index (χ1v) is 13.0. The molecule has 0 aliphatic carbocycles. The number of piperidine rings is 1. The highest BCUT2D eigenvalue weighted by Crippen LogP contribution is 2.21. The van der Waals surface area contributed by atoms with Crippen molar-refractivity contribution in [1.82, 2.24) is 9.62 Å². The molecular formula is C25H34N2O4S. The molecule has 1 aliphatic heterocycles. The van der Waals surface area contributed by atoms with E-state index in [1.807, 2.05) is 55.5 Å². The monoisotopic (exact) mass is 458 g/mol. The number of benzene rings is 2. The minimum absolute atomic E-state index is 0.0992. The number of amides is 1. The molecule has 1 aliphatic rings. The van der Waals surface area contributed by atoms with Gasteiger partial charge in [-0.05, 0) is 68.4 Å². The molecule has 0 spiro atoms. The molecule has 6 nitrogen and oxygen atoms in total. The Bertz CT molecular complexity index is 992. The summed E-state index contributed by atoms with van der Waals surface area (Å²) in [5, 5.41) is 2.90. The maximum absolute atomic E-state index is 12.8. The molecule has 0 unspecified atom stereocenters. The summed E-state index contributed by atoms with van der Waals surface area (Å²) >= 11 is 0. The van der Waals surface area contributed by atoms with Gasteiger partial charge in [-0.3, -0.25) is 4.79 Å². The molecule has 0 aromatic heterocycles. The second-order valence-corrected chi connectivity index (χ2v) is 10.6. The molecule has 0 bridgehead atoms. The van der Waals surface area contributed by atoms with Crippen molar-refractivity contribution in [3.8, 4) is 5.75 Å². The van der Waals surface area contributed by atoms with E-state index < -0.39 is 10.0 Å². The summed E-state index contributed by atoms with van der Waals surface area (Å²) in [6, 6.07) is 15.8. The van der Waals surface area contributed by atoms with Gasteiger partial charge in [0.15, 0.2) is 0 Å². The average Bonchev–Trinajstić information content (AvgIpc) is 2.79. The van der Waals surface area contributed by atoms with E-state index in [0.29, 0.717) is 39.0 Å². The minimum Gasteiger partial charge on any atom is -0.492 e. The highest BCUT2D eigenvalue weighted by molar-refractivity contribution is 7.89. The van der Waals surface area contributed by atoms with Crippen LogP contribution < -0.4 is 10.1 Å². The molecule has 0 radical (unpaired) electrons. The summed E-state index contributed by atoms with van der Waals surface area (Å²) in [7, 11) is -3.36. The number of carbonyl (C=O) groups excluding carboxylic acids is 1. The van der Waals surface area contributed by atoms with Crippen LogP contribution in [-0.4, -0.2) is 50.6 Å². The maximum atomic E-state index is 12.8. The Morgan fingerprint density at radius 3 is 2.66 bits per heavy atom. The van der Waals surface area contributed by atoms with Crippen molar-refractivity contribution < 1.29 is 17.9 Å². The molecule has 2 aromatic carbocycles. The van der Waals surface area contributed by atoms with Crippen molar-refractivity contribution in [1.29, 1.82) is 0 Å². The molecule has 2 aromatic rings. The van der Waals surface area contributed by atoms with Crippen LogP contribution in [-0.2, 0) is 21.2 Å². The molecule has 1 amide bonds.